The molecule has 0 radical (unpaired) electrons. The van der Waals surface area contributed by atoms with Gasteiger partial charge in [0.1, 0.15) is 0 Å². The van der Waals surface area contributed by atoms with Crippen LogP contribution in [0.15, 0.2) is 42.5 Å². The molecule has 0 aliphatic heterocycles. The van der Waals surface area contributed by atoms with E-state index in [9.17, 15) is 5.11 Å². The van der Waals surface area contributed by atoms with Gasteiger partial charge >= 0.3 is 0 Å². The third-order valence-corrected chi connectivity index (χ3v) is 5.78. The van der Waals surface area contributed by atoms with Crippen LogP contribution in [-0.2, 0) is 12.8 Å². The zero-order chi connectivity index (χ0) is 16.9. The van der Waals surface area contributed by atoms with Crippen LogP contribution in [0.4, 0.5) is 0 Å². The quantitative estimate of drug-likeness (QED) is 0.732. The molecular formula is C22H27ClO. The van der Waals surface area contributed by atoms with Crippen molar-refractivity contribution in [2.45, 2.75) is 51.4 Å². The Hall–Kier alpha value is -1.31. The SMILES string of the molecule is CCc1ccc(Cc2cc(C3CCCC(CO)C3)ccc2Cl)cc1. The summed E-state index contributed by atoms with van der Waals surface area (Å²) in [5.74, 6) is 1.03. The molecular weight excluding hydrogens is 316 g/mol. The van der Waals surface area contributed by atoms with E-state index >= 15 is 0 Å². The lowest BCUT2D eigenvalue weighted by atomic mass is 9.78. The summed E-state index contributed by atoms with van der Waals surface area (Å²) in [5.41, 5.74) is 5.28. The topological polar surface area (TPSA) is 20.2 Å². The minimum Gasteiger partial charge on any atom is -0.396 e. The van der Waals surface area contributed by atoms with Crippen LogP contribution in [0.25, 0.3) is 0 Å². The van der Waals surface area contributed by atoms with Gasteiger partial charge in [-0.1, -0.05) is 61.3 Å². The molecule has 1 aliphatic rings. The van der Waals surface area contributed by atoms with Crippen molar-refractivity contribution in [3.63, 3.8) is 0 Å². The lowest BCUT2D eigenvalue weighted by Gasteiger charge is -2.28. The maximum atomic E-state index is 9.47. The second-order valence-electron chi connectivity index (χ2n) is 7.11. The van der Waals surface area contributed by atoms with E-state index < -0.39 is 0 Å². The fourth-order valence-electron chi connectivity index (χ4n) is 3.86. The summed E-state index contributed by atoms with van der Waals surface area (Å²) in [6, 6.07) is 15.4. The molecule has 1 nitrogen and oxygen atoms in total. The zero-order valence-corrected chi connectivity index (χ0v) is 15.2. The van der Waals surface area contributed by atoms with Gasteiger partial charge in [-0.2, -0.15) is 0 Å². The van der Waals surface area contributed by atoms with Crippen molar-refractivity contribution >= 4 is 11.6 Å². The maximum Gasteiger partial charge on any atom is 0.0459 e. The van der Waals surface area contributed by atoms with Crippen molar-refractivity contribution < 1.29 is 5.11 Å². The first-order valence-corrected chi connectivity index (χ1v) is 9.54. The van der Waals surface area contributed by atoms with E-state index in [1.165, 1.54) is 35.1 Å². The number of benzene rings is 2. The normalized spacial score (nSPS) is 21.0. The van der Waals surface area contributed by atoms with E-state index in [0.717, 1.165) is 30.7 Å². The van der Waals surface area contributed by atoms with Crippen molar-refractivity contribution in [1.29, 1.82) is 0 Å². The molecule has 0 spiro atoms. The van der Waals surface area contributed by atoms with Crippen LogP contribution >= 0.6 is 11.6 Å². The molecule has 1 N–H and O–H groups in total. The molecule has 1 fully saturated rings. The maximum absolute atomic E-state index is 9.47. The van der Waals surface area contributed by atoms with E-state index in [1.54, 1.807) is 0 Å². The average molecular weight is 343 g/mol. The number of rotatable bonds is 5. The Morgan fingerprint density at radius 2 is 1.79 bits per heavy atom. The molecule has 0 amide bonds. The summed E-state index contributed by atoms with van der Waals surface area (Å²) in [4.78, 5) is 0. The summed E-state index contributed by atoms with van der Waals surface area (Å²) >= 11 is 6.46. The second-order valence-corrected chi connectivity index (χ2v) is 7.52. The molecule has 0 saturated heterocycles. The highest BCUT2D eigenvalue weighted by atomic mass is 35.5. The first kappa shape index (κ1) is 17.5. The van der Waals surface area contributed by atoms with Gasteiger partial charge in [-0.05, 0) is 72.3 Å². The lowest BCUT2D eigenvalue weighted by molar-refractivity contribution is 0.180. The molecule has 1 aliphatic carbocycles. The molecule has 0 bridgehead atoms. The van der Waals surface area contributed by atoms with E-state index in [2.05, 4.69) is 49.4 Å². The number of hydrogen-bond acceptors (Lipinski definition) is 1. The van der Waals surface area contributed by atoms with Crippen molar-refractivity contribution in [1.82, 2.24) is 0 Å². The van der Waals surface area contributed by atoms with Crippen LogP contribution in [-0.4, -0.2) is 11.7 Å². The Labute approximate surface area is 150 Å². The van der Waals surface area contributed by atoms with Crippen LogP contribution < -0.4 is 0 Å². The molecule has 2 aromatic carbocycles. The van der Waals surface area contributed by atoms with Crippen LogP contribution in [0.1, 0.15) is 60.8 Å². The zero-order valence-electron chi connectivity index (χ0n) is 14.5. The van der Waals surface area contributed by atoms with Gasteiger partial charge in [0.2, 0.25) is 0 Å². The molecule has 2 heteroatoms. The highest BCUT2D eigenvalue weighted by Gasteiger charge is 2.23. The van der Waals surface area contributed by atoms with E-state index in [4.69, 9.17) is 11.6 Å². The van der Waals surface area contributed by atoms with Gasteiger partial charge in [0.05, 0.1) is 0 Å². The van der Waals surface area contributed by atoms with Crippen molar-refractivity contribution in [2.24, 2.45) is 5.92 Å². The van der Waals surface area contributed by atoms with Gasteiger partial charge in [-0.25, -0.2) is 0 Å². The molecule has 0 aromatic heterocycles. The Morgan fingerprint density at radius 3 is 2.50 bits per heavy atom. The van der Waals surface area contributed by atoms with Gasteiger partial charge in [0.25, 0.3) is 0 Å². The fraction of sp³-hybridized carbons (Fsp3) is 0.455. The minimum absolute atomic E-state index is 0.320. The number of hydrogen-bond donors (Lipinski definition) is 1. The van der Waals surface area contributed by atoms with E-state index in [1.807, 2.05) is 0 Å². The Bertz CT molecular complexity index is 662. The predicted octanol–water partition coefficient (Wildman–Crippen LogP) is 5.76. The standard InChI is InChI=1S/C22H27ClO/c1-2-16-6-8-17(9-7-16)12-21-14-20(10-11-22(21)23)19-5-3-4-18(13-19)15-24/h6-11,14,18-19,24H,2-5,12-13,15H2,1H3. The smallest absolute Gasteiger partial charge is 0.0459 e. The third-order valence-electron chi connectivity index (χ3n) is 5.41. The van der Waals surface area contributed by atoms with E-state index in [0.29, 0.717) is 18.4 Å². The summed E-state index contributed by atoms with van der Waals surface area (Å²) in [6.45, 7) is 2.50. The van der Waals surface area contributed by atoms with Crippen LogP contribution in [0.3, 0.4) is 0 Å². The minimum atomic E-state index is 0.320. The van der Waals surface area contributed by atoms with E-state index in [-0.39, 0.29) is 0 Å². The molecule has 3 rings (SSSR count). The monoisotopic (exact) mass is 342 g/mol. The highest BCUT2D eigenvalue weighted by molar-refractivity contribution is 6.31. The van der Waals surface area contributed by atoms with Crippen molar-refractivity contribution in [3.05, 3.63) is 69.7 Å². The second kappa shape index (κ2) is 8.18. The van der Waals surface area contributed by atoms with Crippen molar-refractivity contribution in [3.8, 4) is 0 Å². The molecule has 2 atom stereocenters. The van der Waals surface area contributed by atoms with Gasteiger partial charge in [-0.3, -0.25) is 0 Å². The number of aliphatic hydroxyl groups excluding tert-OH is 1. The molecule has 2 unspecified atom stereocenters. The third kappa shape index (κ3) is 4.20. The Kier molecular flexibility index (Phi) is 5.97. The lowest BCUT2D eigenvalue weighted by Crippen LogP contribution is -2.17. The molecule has 1 saturated carbocycles. The first-order valence-electron chi connectivity index (χ1n) is 9.16. The molecule has 0 heterocycles. The van der Waals surface area contributed by atoms with Crippen LogP contribution in [0.5, 0.6) is 0 Å². The highest BCUT2D eigenvalue weighted by Crippen LogP contribution is 2.37. The summed E-state index contributed by atoms with van der Waals surface area (Å²) in [7, 11) is 0. The Morgan fingerprint density at radius 1 is 1.04 bits per heavy atom. The number of aliphatic hydroxyl groups is 1. The molecule has 24 heavy (non-hydrogen) atoms. The fourth-order valence-corrected chi connectivity index (χ4v) is 4.04. The van der Waals surface area contributed by atoms with Crippen molar-refractivity contribution in [2.75, 3.05) is 6.61 Å². The first-order chi connectivity index (χ1) is 11.7. The summed E-state index contributed by atoms with van der Waals surface area (Å²) in [6.07, 6.45) is 6.66. The molecule has 128 valence electrons. The Balaban J connectivity index is 1.78. The number of aryl methyl sites for hydroxylation is 1. The van der Waals surface area contributed by atoms with Gasteiger partial charge in [0, 0.05) is 11.6 Å². The average Bonchev–Trinajstić information content (AvgIpc) is 2.64. The molecule has 2 aromatic rings. The largest absolute Gasteiger partial charge is 0.396 e. The van der Waals surface area contributed by atoms with Gasteiger partial charge in [-0.15, -0.1) is 0 Å². The predicted molar refractivity (Wildman–Crippen MR) is 102 cm³/mol. The summed E-state index contributed by atoms with van der Waals surface area (Å²) < 4.78 is 0. The van der Waals surface area contributed by atoms with Gasteiger partial charge in [0.15, 0.2) is 0 Å². The summed E-state index contributed by atoms with van der Waals surface area (Å²) in [5, 5.41) is 10.3. The number of halogens is 1. The van der Waals surface area contributed by atoms with Crippen LogP contribution in [0.2, 0.25) is 5.02 Å². The van der Waals surface area contributed by atoms with Crippen LogP contribution in [0, 0.1) is 5.92 Å². The van der Waals surface area contributed by atoms with Gasteiger partial charge < -0.3 is 5.11 Å².